The highest BCUT2D eigenvalue weighted by atomic mass is 16.4. The van der Waals surface area contributed by atoms with Gasteiger partial charge in [0.05, 0.1) is 11.8 Å². The molecule has 3 atom stereocenters. The fraction of sp³-hybridized carbons (Fsp3) is 0.833. The summed E-state index contributed by atoms with van der Waals surface area (Å²) in [6.45, 7) is 3.70. The lowest BCUT2D eigenvalue weighted by atomic mass is 10.1. The van der Waals surface area contributed by atoms with Crippen LogP contribution in [0.15, 0.2) is 0 Å². The van der Waals surface area contributed by atoms with Gasteiger partial charge in [0.25, 0.3) is 0 Å². The molecule has 1 N–H and O–H groups in total. The minimum absolute atomic E-state index is 0.0731. The Hall–Kier alpha value is -1.10. The van der Waals surface area contributed by atoms with E-state index in [0.29, 0.717) is 12.5 Å². The van der Waals surface area contributed by atoms with Crippen LogP contribution in [0.2, 0.25) is 0 Å². The molecule has 94 valence electrons. The van der Waals surface area contributed by atoms with E-state index in [2.05, 4.69) is 4.90 Å². The first-order valence-corrected chi connectivity index (χ1v) is 6.42. The molecule has 1 saturated carbocycles. The number of carbonyl (C=O) groups excluding carboxylic acids is 1. The molecule has 5 heteroatoms. The van der Waals surface area contributed by atoms with Gasteiger partial charge in [0.2, 0.25) is 5.91 Å². The van der Waals surface area contributed by atoms with Gasteiger partial charge in [-0.3, -0.25) is 14.5 Å². The molecule has 2 saturated heterocycles. The van der Waals surface area contributed by atoms with E-state index in [1.807, 2.05) is 4.90 Å². The molecule has 17 heavy (non-hydrogen) atoms. The quantitative estimate of drug-likeness (QED) is 0.736. The van der Waals surface area contributed by atoms with E-state index in [9.17, 15) is 9.59 Å². The van der Waals surface area contributed by atoms with E-state index in [1.54, 1.807) is 0 Å². The van der Waals surface area contributed by atoms with Crippen LogP contribution in [0.5, 0.6) is 0 Å². The Balaban J connectivity index is 1.58. The van der Waals surface area contributed by atoms with Gasteiger partial charge in [0.1, 0.15) is 0 Å². The lowest BCUT2D eigenvalue weighted by Gasteiger charge is -2.37. The van der Waals surface area contributed by atoms with E-state index in [1.165, 1.54) is 12.8 Å². The number of hydrogen-bond donors (Lipinski definition) is 1. The minimum atomic E-state index is -0.817. The first-order chi connectivity index (χ1) is 8.16. The number of hydrogen-bond acceptors (Lipinski definition) is 3. The van der Waals surface area contributed by atoms with Gasteiger partial charge >= 0.3 is 5.97 Å². The third kappa shape index (κ3) is 1.92. The van der Waals surface area contributed by atoms with Crippen molar-refractivity contribution in [2.75, 3.05) is 26.2 Å². The van der Waals surface area contributed by atoms with Gasteiger partial charge in [-0.2, -0.15) is 0 Å². The average molecular weight is 238 g/mol. The molecular formula is C12H18N2O3. The number of carbonyl (C=O) groups is 2. The van der Waals surface area contributed by atoms with Crippen LogP contribution in [0.3, 0.4) is 0 Å². The van der Waals surface area contributed by atoms with Gasteiger partial charge in [0, 0.05) is 25.7 Å². The largest absolute Gasteiger partial charge is 0.481 e. The molecule has 0 radical (unpaired) electrons. The molecule has 3 fully saturated rings. The van der Waals surface area contributed by atoms with Crippen molar-refractivity contribution in [2.45, 2.75) is 25.3 Å². The van der Waals surface area contributed by atoms with Crippen molar-refractivity contribution in [3.63, 3.8) is 0 Å². The van der Waals surface area contributed by atoms with Crippen molar-refractivity contribution < 1.29 is 14.7 Å². The van der Waals surface area contributed by atoms with Crippen LogP contribution in [0.1, 0.15) is 19.3 Å². The fourth-order valence-electron chi connectivity index (χ4n) is 3.17. The third-order valence-corrected chi connectivity index (χ3v) is 4.32. The van der Waals surface area contributed by atoms with Crippen LogP contribution >= 0.6 is 0 Å². The summed E-state index contributed by atoms with van der Waals surface area (Å²) < 4.78 is 0. The van der Waals surface area contributed by atoms with Gasteiger partial charge in [-0.25, -0.2) is 0 Å². The molecule has 2 heterocycles. The van der Waals surface area contributed by atoms with E-state index in [4.69, 9.17) is 5.11 Å². The number of carboxylic acids is 1. The number of rotatable bonds is 2. The van der Waals surface area contributed by atoms with Crippen LogP contribution in [-0.2, 0) is 9.59 Å². The predicted molar refractivity (Wildman–Crippen MR) is 60.4 cm³/mol. The van der Waals surface area contributed by atoms with Crippen molar-refractivity contribution in [1.29, 1.82) is 0 Å². The Kier molecular flexibility index (Phi) is 2.58. The fourth-order valence-corrected chi connectivity index (χ4v) is 3.17. The second-order valence-electron chi connectivity index (χ2n) is 5.40. The van der Waals surface area contributed by atoms with E-state index < -0.39 is 11.9 Å². The third-order valence-electron chi connectivity index (χ3n) is 4.32. The van der Waals surface area contributed by atoms with Crippen molar-refractivity contribution in [2.24, 2.45) is 11.8 Å². The second-order valence-corrected chi connectivity index (χ2v) is 5.40. The standard InChI is InChI=1S/C12H18N2O3/c15-11(9-6-10(9)12(16)17)14-5-4-13-3-1-2-8(13)7-14/h8-10H,1-7H2,(H,16,17). The number of carboxylic acid groups (broad SMARTS) is 1. The summed E-state index contributed by atoms with van der Waals surface area (Å²) in [5.74, 6) is -1.39. The lowest BCUT2D eigenvalue weighted by molar-refractivity contribution is -0.142. The molecule has 0 aromatic carbocycles. The van der Waals surface area contributed by atoms with Gasteiger partial charge in [-0.05, 0) is 25.8 Å². The average Bonchev–Trinajstić information content (AvgIpc) is 2.99. The van der Waals surface area contributed by atoms with Gasteiger partial charge in [-0.15, -0.1) is 0 Å². The summed E-state index contributed by atoms with van der Waals surface area (Å²) in [6, 6.07) is 0.523. The summed E-state index contributed by atoms with van der Waals surface area (Å²) in [7, 11) is 0. The highest BCUT2D eigenvalue weighted by Gasteiger charge is 2.50. The summed E-state index contributed by atoms with van der Waals surface area (Å²) in [4.78, 5) is 27.2. The van der Waals surface area contributed by atoms with Crippen molar-refractivity contribution in [3.05, 3.63) is 0 Å². The number of piperazine rings is 1. The summed E-state index contributed by atoms with van der Waals surface area (Å²) >= 11 is 0. The number of aliphatic carboxylic acids is 1. The van der Waals surface area contributed by atoms with Gasteiger partial charge in [-0.1, -0.05) is 0 Å². The normalized spacial score (nSPS) is 36.7. The maximum atomic E-state index is 12.1. The van der Waals surface area contributed by atoms with Crippen LogP contribution in [0, 0.1) is 11.8 Å². The Morgan fingerprint density at radius 2 is 1.94 bits per heavy atom. The Bertz CT molecular complexity index is 358. The van der Waals surface area contributed by atoms with Crippen LogP contribution in [0.25, 0.3) is 0 Å². The molecule has 0 spiro atoms. The van der Waals surface area contributed by atoms with Crippen LogP contribution in [0.4, 0.5) is 0 Å². The predicted octanol–water partition coefficient (Wildman–Crippen LogP) is 0.0137. The number of fused-ring (bicyclic) bond motifs is 1. The van der Waals surface area contributed by atoms with Gasteiger partial charge in [0.15, 0.2) is 0 Å². The van der Waals surface area contributed by atoms with Gasteiger partial charge < -0.3 is 10.0 Å². The molecule has 0 aromatic heterocycles. The van der Waals surface area contributed by atoms with Crippen LogP contribution < -0.4 is 0 Å². The molecule has 5 nitrogen and oxygen atoms in total. The summed E-state index contributed by atoms with van der Waals surface area (Å²) in [6.07, 6.45) is 2.95. The summed E-state index contributed by atoms with van der Waals surface area (Å²) in [5, 5.41) is 8.84. The monoisotopic (exact) mass is 238 g/mol. The zero-order valence-corrected chi connectivity index (χ0v) is 9.84. The molecule has 0 bridgehead atoms. The SMILES string of the molecule is O=C(O)C1CC1C(=O)N1CCN2CCCC2C1. The molecule has 1 aliphatic carbocycles. The zero-order valence-electron chi connectivity index (χ0n) is 9.84. The molecule has 3 rings (SSSR count). The van der Waals surface area contributed by atoms with E-state index in [-0.39, 0.29) is 11.8 Å². The van der Waals surface area contributed by atoms with E-state index >= 15 is 0 Å². The second kappa shape index (κ2) is 3.98. The van der Waals surface area contributed by atoms with Crippen molar-refractivity contribution >= 4 is 11.9 Å². The maximum absolute atomic E-state index is 12.1. The summed E-state index contributed by atoms with van der Waals surface area (Å²) in [5.41, 5.74) is 0. The Morgan fingerprint density at radius 3 is 2.65 bits per heavy atom. The zero-order chi connectivity index (χ0) is 12.0. The Morgan fingerprint density at radius 1 is 1.12 bits per heavy atom. The highest BCUT2D eigenvalue weighted by molar-refractivity contribution is 5.89. The molecular weight excluding hydrogens is 220 g/mol. The minimum Gasteiger partial charge on any atom is -0.481 e. The lowest BCUT2D eigenvalue weighted by Crippen LogP contribution is -2.52. The maximum Gasteiger partial charge on any atom is 0.307 e. The van der Waals surface area contributed by atoms with Crippen molar-refractivity contribution in [1.82, 2.24) is 9.80 Å². The topological polar surface area (TPSA) is 60.9 Å². The number of amides is 1. The highest BCUT2D eigenvalue weighted by Crippen LogP contribution is 2.40. The first kappa shape index (κ1) is 11.0. The van der Waals surface area contributed by atoms with E-state index in [0.717, 1.165) is 26.2 Å². The number of nitrogens with zero attached hydrogens (tertiary/aromatic N) is 2. The first-order valence-electron chi connectivity index (χ1n) is 6.42. The molecule has 2 aliphatic heterocycles. The smallest absolute Gasteiger partial charge is 0.307 e. The molecule has 0 aromatic rings. The molecule has 3 aliphatic rings. The van der Waals surface area contributed by atoms with Crippen molar-refractivity contribution in [3.8, 4) is 0 Å². The molecule has 3 unspecified atom stereocenters. The van der Waals surface area contributed by atoms with Crippen LogP contribution in [-0.4, -0.2) is 59.0 Å². The molecule has 1 amide bonds. The Labute approximate surface area is 100 Å².